The Kier molecular flexibility index (Phi) is 10.2. The van der Waals surface area contributed by atoms with Crippen molar-refractivity contribution in [1.82, 2.24) is 5.32 Å². The average molecular weight is 263 g/mol. The first kappa shape index (κ1) is 16.8. The highest BCUT2D eigenvalue weighted by atomic mass is 16.5. The lowest BCUT2D eigenvalue weighted by atomic mass is 10.1. The van der Waals surface area contributed by atoms with Crippen molar-refractivity contribution < 1.29 is 28.9 Å². The number of aliphatic carboxylic acids is 1. The normalized spacial score (nSPS) is 12.1. The molecule has 1 atom stereocenters. The van der Waals surface area contributed by atoms with Crippen LogP contribution in [0.3, 0.4) is 0 Å². The maximum Gasteiger partial charge on any atom is 0.326 e. The Hall–Kier alpha value is -1.18. The van der Waals surface area contributed by atoms with Crippen molar-refractivity contribution in [2.75, 3.05) is 40.6 Å². The lowest BCUT2D eigenvalue weighted by Gasteiger charge is -2.14. The fraction of sp³-hybridized carbons (Fsp3) is 0.818. The molecule has 0 aliphatic heterocycles. The van der Waals surface area contributed by atoms with Gasteiger partial charge in [-0.1, -0.05) is 0 Å². The first-order valence-corrected chi connectivity index (χ1v) is 5.69. The van der Waals surface area contributed by atoms with E-state index in [0.29, 0.717) is 32.7 Å². The van der Waals surface area contributed by atoms with Crippen molar-refractivity contribution in [2.45, 2.75) is 18.9 Å². The Bertz CT molecular complexity index is 246. The van der Waals surface area contributed by atoms with Crippen molar-refractivity contribution in [3.63, 3.8) is 0 Å². The highest BCUT2D eigenvalue weighted by Gasteiger charge is 2.19. The monoisotopic (exact) mass is 263 g/mol. The predicted molar refractivity (Wildman–Crippen MR) is 63.4 cm³/mol. The summed E-state index contributed by atoms with van der Waals surface area (Å²) in [7, 11) is 3.07. The number of carboxylic acid groups (broad SMARTS) is 1. The summed E-state index contributed by atoms with van der Waals surface area (Å²) in [4.78, 5) is 22.3. The summed E-state index contributed by atoms with van der Waals surface area (Å²) in [6.45, 7) is 0.982. The van der Waals surface area contributed by atoms with Gasteiger partial charge in [0.1, 0.15) is 12.6 Å². The number of carbonyl (C=O) groups excluding carboxylic acids is 1. The maximum atomic E-state index is 11.4. The van der Waals surface area contributed by atoms with Crippen LogP contribution in [0.1, 0.15) is 12.8 Å². The number of methoxy groups -OCH3 is 2. The first-order valence-electron chi connectivity index (χ1n) is 5.69. The highest BCUT2D eigenvalue weighted by Crippen LogP contribution is 1.98. The molecule has 0 heterocycles. The van der Waals surface area contributed by atoms with E-state index >= 15 is 0 Å². The molecule has 0 rings (SSSR count). The van der Waals surface area contributed by atoms with E-state index in [1.165, 1.54) is 14.2 Å². The number of amides is 1. The molecule has 1 unspecified atom stereocenters. The van der Waals surface area contributed by atoms with Gasteiger partial charge in [-0.25, -0.2) is 4.79 Å². The molecule has 0 fully saturated rings. The van der Waals surface area contributed by atoms with E-state index in [2.05, 4.69) is 5.32 Å². The van der Waals surface area contributed by atoms with E-state index in [1.54, 1.807) is 0 Å². The van der Waals surface area contributed by atoms with Gasteiger partial charge in [0.2, 0.25) is 5.91 Å². The highest BCUT2D eigenvalue weighted by molar-refractivity contribution is 5.84. The molecule has 1 amide bonds. The molecule has 7 heteroatoms. The third-order valence-electron chi connectivity index (χ3n) is 2.14. The van der Waals surface area contributed by atoms with Crippen LogP contribution in [0.2, 0.25) is 0 Å². The smallest absolute Gasteiger partial charge is 0.326 e. The molecule has 0 bridgehead atoms. The first-order chi connectivity index (χ1) is 8.61. The SMILES string of the molecule is COCCCC(NC(=O)COCCOC)C(=O)O. The zero-order valence-electron chi connectivity index (χ0n) is 10.8. The molecule has 0 aromatic rings. The van der Waals surface area contributed by atoms with E-state index in [0.717, 1.165) is 0 Å². The summed E-state index contributed by atoms with van der Waals surface area (Å²) < 4.78 is 14.6. The van der Waals surface area contributed by atoms with Crippen LogP contribution in [-0.4, -0.2) is 63.7 Å². The van der Waals surface area contributed by atoms with E-state index in [9.17, 15) is 9.59 Å². The molecule has 0 aromatic carbocycles. The number of nitrogens with one attached hydrogen (secondary N) is 1. The summed E-state index contributed by atoms with van der Waals surface area (Å²) in [5, 5.41) is 11.3. The minimum atomic E-state index is -1.06. The second-order valence-electron chi connectivity index (χ2n) is 3.64. The molecule has 0 saturated heterocycles. The Morgan fingerprint density at radius 2 is 1.83 bits per heavy atom. The van der Waals surface area contributed by atoms with E-state index in [4.69, 9.17) is 19.3 Å². The van der Waals surface area contributed by atoms with Crippen molar-refractivity contribution in [2.24, 2.45) is 0 Å². The molecule has 0 aromatic heterocycles. The number of ether oxygens (including phenoxy) is 3. The predicted octanol–water partition coefficient (Wildman–Crippen LogP) is -0.355. The summed E-state index contributed by atoms with van der Waals surface area (Å²) in [5.74, 6) is -1.51. The Morgan fingerprint density at radius 3 is 2.39 bits per heavy atom. The third-order valence-corrected chi connectivity index (χ3v) is 2.14. The minimum Gasteiger partial charge on any atom is -0.480 e. The zero-order chi connectivity index (χ0) is 13.8. The number of rotatable bonds is 11. The summed E-state index contributed by atoms with van der Waals surface area (Å²) in [5.41, 5.74) is 0. The zero-order valence-corrected chi connectivity index (χ0v) is 10.8. The van der Waals surface area contributed by atoms with Gasteiger partial charge in [-0.05, 0) is 12.8 Å². The molecule has 7 nitrogen and oxygen atoms in total. The van der Waals surface area contributed by atoms with Crippen LogP contribution >= 0.6 is 0 Å². The lowest BCUT2D eigenvalue weighted by Crippen LogP contribution is -2.42. The van der Waals surface area contributed by atoms with Gasteiger partial charge in [0.15, 0.2) is 0 Å². The van der Waals surface area contributed by atoms with E-state index in [1.807, 2.05) is 0 Å². The van der Waals surface area contributed by atoms with Gasteiger partial charge in [-0.2, -0.15) is 0 Å². The Labute approximate surface area is 106 Å². The average Bonchev–Trinajstić information content (AvgIpc) is 2.33. The van der Waals surface area contributed by atoms with Gasteiger partial charge in [-0.15, -0.1) is 0 Å². The molecule has 2 N–H and O–H groups in total. The van der Waals surface area contributed by atoms with E-state index in [-0.39, 0.29) is 6.61 Å². The van der Waals surface area contributed by atoms with Gasteiger partial charge >= 0.3 is 5.97 Å². The van der Waals surface area contributed by atoms with Crippen LogP contribution in [-0.2, 0) is 23.8 Å². The van der Waals surface area contributed by atoms with Crippen LogP contribution in [0.5, 0.6) is 0 Å². The number of carboxylic acids is 1. The third kappa shape index (κ3) is 8.91. The minimum absolute atomic E-state index is 0.169. The largest absolute Gasteiger partial charge is 0.480 e. The number of hydrogen-bond acceptors (Lipinski definition) is 5. The van der Waals surface area contributed by atoms with Gasteiger partial charge in [-0.3, -0.25) is 4.79 Å². The topological polar surface area (TPSA) is 94.1 Å². The second-order valence-corrected chi connectivity index (χ2v) is 3.64. The molecule has 0 saturated carbocycles. The maximum absolute atomic E-state index is 11.4. The van der Waals surface area contributed by atoms with Crippen molar-refractivity contribution in [3.05, 3.63) is 0 Å². The van der Waals surface area contributed by atoms with Crippen LogP contribution < -0.4 is 5.32 Å². The Morgan fingerprint density at radius 1 is 1.17 bits per heavy atom. The molecular weight excluding hydrogens is 242 g/mol. The van der Waals surface area contributed by atoms with Crippen molar-refractivity contribution >= 4 is 11.9 Å². The van der Waals surface area contributed by atoms with Crippen molar-refractivity contribution in [1.29, 1.82) is 0 Å². The molecule has 18 heavy (non-hydrogen) atoms. The van der Waals surface area contributed by atoms with Crippen LogP contribution in [0.15, 0.2) is 0 Å². The molecule has 0 aliphatic rings. The van der Waals surface area contributed by atoms with Crippen LogP contribution in [0.25, 0.3) is 0 Å². The summed E-state index contributed by atoms with van der Waals surface area (Å²) in [6, 6.07) is -0.904. The summed E-state index contributed by atoms with van der Waals surface area (Å²) >= 11 is 0. The number of carbonyl (C=O) groups is 2. The van der Waals surface area contributed by atoms with E-state index < -0.39 is 17.9 Å². The fourth-order valence-corrected chi connectivity index (χ4v) is 1.23. The van der Waals surface area contributed by atoms with Gasteiger partial charge in [0, 0.05) is 20.8 Å². The van der Waals surface area contributed by atoms with Crippen molar-refractivity contribution in [3.8, 4) is 0 Å². The molecule has 106 valence electrons. The number of hydrogen-bond donors (Lipinski definition) is 2. The molecule has 0 radical (unpaired) electrons. The quantitative estimate of drug-likeness (QED) is 0.495. The molecular formula is C11H21NO6. The molecule has 0 aliphatic carbocycles. The van der Waals surface area contributed by atoms with Crippen LogP contribution in [0, 0.1) is 0 Å². The second kappa shape index (κ2) is 10.9. The Balaban J connectivity index is 3.85. The molecule has 0 spiro atoms. The van der Waals surface area contributed by atoms with Gasteiger partial charge in [0.25, 0.3) is 0 Å². The fourth-order valence-electron chi connectivity index (χ4n) is 1.23. The van der Waals surface area contributed by atoms with Gasteiger partial charge in [0.05, 0.1) is 13.2 Å². The van der Waals surface area contributed by atoms with Crippen LogP contribution in [0.4, 0.5) is 0 Å². The lowest BCUT2D eigenvalue weighted by molar-refractivity contribution is -0.142. The van der Waals surface area contributed by atoms with Gasteiger partial charge < -0.3 is 24.6 Å². The summed E-state index contributed by atoms with van der Waals surface area (Å²) in [6.07, 6.45) is 0.894. The standard InChI is InChI=1S/C11H21NO6/c1-16-5-3-4-9(11(14)15)12-10(13)8-18-7-6-17-2/h9H,3-8H2,1-2H3,(H,12,13)(H,14,15).